The number of hydrogen-bond acceptors (Lipinski definition) is 4. The van der Waals surface area contributed by atoms with Crippen LogP contribution >= 0.6 is 0 Å². The number of amides is 1. The van der Waals surface area contributed by atoms with Gasteiger partial charge in [0, 0.05) is 36.9 Å². The number of para-hydroxylation sites is 1. The number of pyridine rings is 1. The maximum atomic E-state index is 12.6. The van der Waals surface area contributed by atoms with Crippen molar-refractivity contribution >= 4 is 22.9 Å². The van der Waals surface area contributed by atoms with E-state index in [9.17, 15) is 4.79 Å². The third kappa shape index (κ3) is 4.33. The minimum absolute atomic E-state index is 0.0959. The van der Waals surface area contributed by atoms with Crippen LogP contribution in [0.2, 0.25) is 0 Å². The second kappa shape index (κ2) is 8.26. The molecule has 0 unspecified atom stereocenters. The summed E-state index contributed by atoms with van der Waals surface area (Å²) in [6.07, 6.45) is 6.73. The number of aromatic nitrogens is 1. The fourth-order valence-electron chi connectivity index (χ4n) is 2.59. The first kappa shape index (κ1) is 16.9. The van der Waals surface area contributed by atoms with Crippen molar-refractivity contribution in [1.82, 2.24) is 9.88 Å². The third-order valence-electron chi connectivity index (χ3n) is 3.87. The summed E-state index contributed by atoms with van der Waals surface area (Å²) in [6, 6.07) is 13.5. The fourth-order valence-corrected chi connectivity index (χ4v) is 2.59. The number of benzene rings is 1. The van der Waals surface area contributed by atoms with Crippen molar-refractivity contribution in [2.45, 2.75) is 6.54 Å². The number of furan rings is 1. The highest BCUT2D eigenvalue weighted by molar-refractivity contribution is 5.95. The van der Waals surface area contributed by atoms with Gasteiger partial charge in [0.1, 0.15) is 5.76 Å². The van der Waals surface area contributed by atoms with E-state index in [1.807, 2.05) is 42.5 Å². The lowest BCUT2D eigenvalue weighted by molar-refractivity contribution is -0.127. The Bertz CT molecular complexity index is 851. The minimum atomic E-state index is -0.0959. The zero-order valence-corrected chi connectivity index (χ0v) is 14.1. The SMILES string of the molecule is COCCN(Cc1ccco1)C(=O)/C=C/c1cccc2cccnc12. The number of hydrogen-bond donors (Lipinski definition) is 0. The molecule has 1 amide bonds. The van der Waals surface area contributed by atoms with Crippen LogP contribution in [-0.4, -0.2) is 36.1 Å². The molecule has 2 aromatic heterocycles. The van der Waals surface area contributed by atoms with Gasteiger partial charge in [-0.2, -0.15) is 0 Å². The summed E-state index contributed by atoms with van der Waals surface area (Å²) in [4.78, 5) is 18.7. The number of methoxy groups -OCH3 is 1. The molecule has 0 aliphatic rings. The molecule has 0 bridgehead atoms. The highest BCUT2D eigenvalue weighted by atomic mass is 16.5. The van der Waals surface area contributed by atoms with Crippen molar-refractivity contribution in [2.24, 2.45) is 0 Å². The van der Waals surface area contributed by atoms with Crippen LogP contribution < -0.4 is 0 Å². The van der Waals surface area contributed by atoms with E-state index in [0.717, 1.165) is 22.2 Å². The van der Waals surface area contributed by atoms with Gasteiger partial charge in [-0.05, 0) is 24.3 Å². The number of fused-ring (bicyclic) bond motifs is 1. The molecule has 3 rings (SSSR count). The highest BCUT2D eigenvalue weighted by Crippen LogP contribution is 2.17. The predicted octanol–water partition coefficient (Wildman–Crippen LogP) is 3.52. The summed E-state index contributed by atoms with van der Waals surface area (Å²) in [6.45, 7) is 1.37. The molecule has 5 heteroatoms. The highest BCUT2D eigenvalue weighted by Gasteiger charge is 2.12. The Kier molecular flexibility index (Phi) is 5.59. The smallest absolute Gasteiger partial charge is 0.247 e. The Morgan fingerprint density at radius 2 is 2.12 bits per heavy atom. The van der Waals surface area contributed by atoms with E-state index in [2.05, 4.69) is 4.98 Å². The average molecular weight is 336 g/mol. The Morgan fingerprint density at radius 1 is 1.24 bits per heavy atom. The van der Waals surface area contributed by atoms with Crippen LogP contribution in [0.1, 0.15) is 11.3 Å². The van der Waals surface area contributed by atoms with Crippen LogP contribution in [0.25, 0.3) is 17.0 Å². The van der Waals surface area contributed by atoms with Crippen molar-refractivity contribution in [3.8, 4) is 0 Å². The van der Waals surface area contributed by atoms with E-state index in [-0.39, 0.29) is 5.91 Å². The van der Waals surface area contributed by atoms with E-state index in [1.54, 1.807) is 36.6 Å². The van der Waals surface area contributed by atoms with Crippen molar-refractivity contribution in [2.75, 3.05) is 20.3 Å². The van der Waals surface area contributed by atoms with Gasteiger partial charge >= 0.3 is 0 Å². The average Bonchev–Trinajstić information content (AvgIpc) is 3.16. The molecule has 128 valence electrons. The largest absolute Gasteiger partial charge is 0.467 e. The molecule has 0 saturated heterocycles. The van der Waals surface area contributed by atoms with Gasteiger partial charge in [0.15, 0.2) is 0 Å². The molecule has 1 aromatic carbocycles. The van der Waals surface area contributed by atoms with Gasteiger partial charge < -0.3 is 14.1 Å². The molecule has 0 radical (unpaired) electrons. The molecule has 0 N–H and O–H groups in total. The van der Waals surface area contributed by atoms with Gasteiger partial charge in [0.25, 0.3) is 0 Å². The maximum absolute atomic E-state index is 12.6. The normalized spacial score (nSPS) is 11.2. The van der Waals surface area contributed by atoms with Gasteiger partial charge in [0.2, 0.25) is 5.91 Å². The molecule has 0 aliphatic carbocycles. The van der Waals surface area contributed by atoms with Crippen LogP contribution in [0, 0.1) is 0 Å². The van der Waals surface area contributed by atoms with Crippen molar-refractivity contribution < 1.29 is 13.9 Å². The van der Waals surface area contributed by atoms with E-state index >= 15 is 0 Å². The lowest BCUT2D eigenvalue weighted by Gasteiger charge is -2.19. The Hall–Kier alpha value is -2.92. The molecule has 3 aromatic rings. The van der Waals surface area contributed by atoms with Gasteiger partial charge in [-0.3, -0.25) is 9.78 Å². The molecule has 0 fully saturated rings. The summed E-state index contributed by atoms with van der Waals surface area (Å²) < 4.78 is 10.4. The van der Waals surface area contributed by atoms with Crippen molar-refractivity contribution in [1.29, 1.82) is 0 Å². The molecule has 0 atom stereocenters. The maximum Gasteiger partial charge on any atom is 0.247 e. The fraction of sp³-hybridized carbons (Fsp3) is 0.200. The van der Waals surface area contributed by atoms with Crippen molar-refractivity contribution in [3.05, 3.63) is 72.3 Å². The topological polar surface area (TPSA) is 55.6 Å². The summed E-state index contributed by atoms with van der Waals surface area (Å²) in [5, 5.41) is 1.05. The first-order chi connectivity index (χ1) is 12.3. The molecule has 2 heterocycles. The van der Waals surface area contributed by atoms with Gasteiger partial charge in [-0.15, -0.1) is 0 Å². The molecule has 0 saturated carbocycles. The molecule has 0 spiro atoms. The summed E-state index contributed by atoms with van der Waals surface area (Å²) in [5.41, 5.74) is 1.79. The molecule has 0 aliphatic heterocycles. The monoisotopic (exact) mass is 336 g/mol. The van der Waals surface area contributed by atoms with Crippen LogP contribution in [0.4, 0.5) is 0 Å². The summed E-state index contributed by atoms with van der Waals surface area (Å²) >= 11 is 0. The second-order valence-corrected chi connectivity index (χ2v) is 5.59. The summed E-state index contributed by atoms with van der Waals surface area (Å²) in [7, 11) is 1.62. The number of carbonyl (C=O) groups is 1. The number of nitrogens with zero attached hydrogens (tertiary/aromatic N) is 2. The zero-order chi connectivity index (χ0) is 17.5. The second-order valence-electron chi connectivity index (χ2n) is 5.59. The molecule has 25 heavy (non-hydrogen) atoms. The quantitative estimate of drug-likeness (QED) is 0.620. The zero-order valence-electron chi connectivity index (χ0n) is 14.1. The molecular formula is C20H20N2O3. The van der Waals surface area contributed by atoms with Gasteiger partial charge in [-0.1, -0.05) is 24.3 Å². The first-order valence-corrected chi connectivity index (χ1v) is 8.10. The first-order valence-electron chi connectivity index (χ1n) is 8.10. The van der Waals surface area contributed by atoms with Gasteiger partial charge in [0.05, 0.1) is 24.9 Å². The van der Waals surface area contributed by atoms with Crippen LogP contribution in [0.5, 0.6) is 0 Å². The Balaban J connectivity index is 1.78. The molecular weight excluding hydrogens is 316 g/mol. The van der Waals surface area contributed by atoms with E-state index < -0.39 is 0 Å². The standard InChI is InChI=1S/C20H20N2O3/c1-24-14-12-22(15-18-8-4-13-25-18)19(23)10-9-17-6-2-5-16-7-3-11-21-20(16)17/h2-11,13H,12,14-15H2,1H3/b10-9+. The third-order valence-corrected chi connectivity index (χ3v) is 3.87. The van der Waals surface area contributed by atoms with Crippen molar-refractivity contribution in [3.63, 3.8) is 0 Å². The number of ether oxygens (including phenoxy) is 1. The lowest BCUT2D eigenvalue weighted by Crippen LogP contribution is -2.31. The Morgan fingerprint density at radius 3 is 2.92 bits per heavy atom. The van der Waals surface area contributed by atoms with Gasteiger partial charge in [-0.25, -0.2) is 0 Å². The van der Waals surface area contributed by atoms with Crippen LogP contribution in [0.15, 0.2) is 65.4 Å². The summed E-state index contributed by atoms with van der Waals surface area (Å²) in [5.74, 6) is 0.645. The van der Waals surface area contributed by atoms with Crippen LogP contribution in [0.3, 0.4) is 0 Å². The molecule has 5 nitrogen and oxygen atoms in total. The van der Waals surface area contributed by atoms with E-state index in [0.29, 0.717) is 19.7 Å². The Labute approximate surface area is 146 Å². The lowest BCUT2D eigenvalue weighted by atomic mass is 10.1. The number of rotatable bonds is 7. The van der Waals surface area contributed by atoms with E-state index in [4.69, 9.17) is 9.15 Å². The predicted molar refractivity (Wildman–Crippen MR) is 96.8 cm³/mol. The van der Waals surface area contributed by atoms with E-state index in [1.165, 1.54) is 0 Å². The number of carbonyl (C=O) groups excluding carboxylic acids is 1. The van der Waals surface area contributed by atoms with Crippen LogP contribution in [-0.2, 0) is 16.1 Å². The minimum Gasteiger partial charge on any atom is -0.467 e.